The SMILES string of the molecule is CC(=O)CC1Cc2ccc(C(F)(F)F)cc2N1. The number of rotatable bonds is 2. The summed E-state index contributed by atoms with van der Waals surface area (Å²) in [7, 11) is 0. The maximum absolute atomic E-state index is 12.5. The van der Waals surface area contributed by atoms with Crippen LogP contribution in [0.5, 0.6) is 0 Å². The van der Waals surface area contributed by atoms with E-state index in [2.05, 4.69) is 5.32 Å². The van der Waals surface area contributed by atoms with Crippen LogP contribution in [0, 0.1) is 0 Å². The number of anilines is 1. The molecule has 1 aliphatic heterocycles. The zero-order valence-corrected chi connectivity index (χ0v) is 9.27. The van der Waals surface area contributed by atoms with Crippen molar-refractivity contribution < 1.29 is 18.0 Å². The summed E-state index contributed by atoms with van der Waals surface area (Å²) in [6.45, 7) is 1.48. The minimum absolute atomic E-state index is 0.0337. The number of hydrogen-bond donors (Lipinski definition) is 1. The van der Waals surface area contributed by atoms with Crippen molar-refractivity contribution in [3.8, 4) is 0 Å². The number of alkyl halides is 3. The van der Waals surface area contributed by atoms with E-state index in [1.54, 1.807) is 0 Å². The molecule has 1 aromatic rings. The number of hydrogen-bond acceptors (Lipinski definition) is 2. The van der Waals surface area contributed by atoms with E-state index in [0.29, 0.717) is 18.5 Å². The number of carbonyl (C=O) groups excluding carboxylic acids is 1. The summed E-state index contributed by atoms with van der Waals surface area (Å²) >= 11 is 0. The summed E-state index contributed by atoms with van der Waals surface area (Å²) in [6.07, 6.45) is -3.38. The molecule has 0 amide bonds. The highest BCUT2D eigenvalue weighted by Crippen LogP contribution is 2.35. The van der Waals surface area contributed by atoms with Crippen molar-refractivity contribution in [3.63, 3.8) is 0 Å². The molecule has 5 heteroatoms. The van der Waals surface area contributed by atoms with Gasteiger partial charge in [-0.3, -0.25) is 4.79 Å². The second-order valence-corrected chi connectivity index (χ2v) is 4.32. The third-order valence-electron chi connectivity index (χ3n) is 2.80. The van der Waals surface area contributed by atoms with Gasteiger partial charge >= 0.3 is 6.18 Å². The number of fused-ring (bicyclic) bond motifs is 1. The summed E-state index contributed by atoms with van der Waals surface area (Å²) in [5.41, 5.74) is 0.669. The quantitative estimate of drug-likeness (QED) is 0.865. The molecule has 1 N–H and O–H groups in total. The maximum Gasteiger partial charge on any atom is 0.416 e. The van der Waals surface area contributed by atoms with E-state index in [0.717, 1.165) is 17.7 Å². The fourth-order valence-corrected chi connectivity index (χ4v) is 2.07. The molecule has 17 heavy (non-hydrogen) atoms. The molecule has 0 fully saturated rings. The highest BCUT2D eigenvalue weighted by Gasteiger charge is 2.32. The molecule has 92 valence electrons. The van der Waals surface area contributed by atoms with Gasteiger partial charge in [0, 0.05) is 18.2 Å². The lowest BCUT2D eigenvalue weighted by Gasteiger charge is -2.10. The van der Waals surface area contributed by atoms with Crippen LogP contribution in [0.15, 0.2) is 18.2 Å². The third kappa shape index (κ3) is 2.60. The first-order valence-corrected chi connectivity index (χ1v) is 5.32. The fraction of sp³-hybridized carbons (Fsp3) is 0.417. The molecule has 1 unspecified atom stereocenters. The lowest BCUT2D eigenvalue weighted by molar-refractivity contribution is -0.137. The Balaban J connectivity index is 2.19. The zero-order valence-electron chi connectivity index (χ0n) is 9.27. The molecule has 0 radical (unpaired) electrons. The summed E-state index contributed by atoms with van der Waals surface area (Å²) < 4.78 is 37.4. The molecule has 1 aliphatic rings. The molecule has 0 aromatic heterocycles. The molecule has 1 aromatic carbocycles. The van der Waals surface area contributed by atoms with Crippen LogP contribution >= 0.6 is 0 Å². The molecule has 0 aliphatic carbocycles. The van der Waals surface area contributed by atoms with Crippen LogP contribution in [-0.2, 0) is 17.4 Å². The molecular weight excluding hydrogens is 231 g/mol. The first-order chi connectivity index (χ1) is 7.86. The van der Waals surface area contributed by atoms with Gasteiger partial charge in [0.05, 0.1) is 5.56 Å². The summed E-state index contributed by atoms with van der Waals surface area (Å²) in [5, 5.41) is 2.96. The minimum atomic E-state index is -4.32. The van der Waals surface area contributed by atoms with Crippen LogP contribution < -0.4 is 5.32 Å². The Hall–Kier alpha value is -1.52. The van der Waals surface area contributed by atoms with Gasteiger partial charge in [-0.25, -0.2) is 0 Å². The van der Waals surface area contributed by atoms with Crippen molar-refractivity contribution in [2.75, 3.05) is 5.32 Å². The average molecular weight is 243 g/mol. The van der Waals surface area contributed by atoms with Gasteiger partial charge in [0.15, 0.2) is 0 Å². The van der Waals surface area contributed by atoms with Gasteiger partial charge in [-0.1, -0.05) is 6.07 Å². The van der Waals surface area contributed by atoms with E-state index in [4.69, 9.17) is 0 Å². The van der Waals surface area contributed by atoms with Crippen molar-refractivity contribution in [2.24, 2.45) is 0 Å². The van der Waals surface area contributed by atoms with Crippen LogP contribution in [0.2, 0.25) is 0 Å². The van der Waals surface area contributed by atoms with E-state index in [1.807, 2.05) is 0 Å². The number of ketones is 1. The second kappa shape index (κ2) is 4.05. The van der Waals surface area contributed by atoms with Crippen molar-refractivity contribution >= 4 is 11.5 Å². The monoisotopic (exact) mass is 243 g/mol. The molecule has 1 atom stereocenters. The summed E-state index contributed by atoms with van der Waals surface area (Å²) in [6, 6.07) is 3.59. The summed E-state index contributed by atoms with van der Waals surface area (Å²) in [5.74, 6) is 0.0337. The van der Waals surface area contributed by atoms with Crippen molar-refractivity contribution in [2.45, 2.75) is 32.0 Å². The molecular formula is C12H12F3NO. The molecule has 0 saturated heterocycles. The average Bonchev–Trinajstić information content (AvgIpc) is 2.55. The number of Topliss-reactive ketones (excluding diaryl/α,β-unsaturated/α-hetero) is 1. The lowest BCUT2D eigenvalue weighted by atomic mass is 10.0. The van der Waals surface area contributed by atoms with Gasteiger partial charge in [-0.05, 0) is 31.0 Å². The Kier molecular flexibility index (Phi) is 2.85. The van der Waals surface area contributed by atoms with E-state index in [-0.39, 0.29) is 11.8 Å². The number of carbonyl (C=O) groups is 1. The molecule has 0 spiro atoms. The third-order valence-corrected chi connectivity index (χ3v) is 2.80. The fourth-order valence-electron chi connectivity index (χ4n) is 2.07. The van der Waals surface area contributed by atoms with Gasteiger partial charge < -0.3 is 5.32 Å². The Morgan fingerprint density at radius 1 is 1.47 bits per heavy atom. The first kappa shape index (κ1) is 12.0. The highest BCUT2D eigenvalue weighted by atomic mass is 19.4. The predicted molar refractivity (Wildman–Crippen MR) is 57.9 cm³/mol. The van der Waals surface area contributed by atoms with E-state index in [1.165, 1.54) is 13.0 Å². The Bertz CT molecular complexity index is 454. The van der Waals surface area contributed by atoms with Crippen LogP contribution in [0.1, 0.15) is 24.5 Å². The van der Waals surface area contributed by atoms with Crippen LogP contribution in [0.4, 0.5) is 18.9 Å². The topological polar surface area (TPSA) is 29.1 Å². The van der Waals surface area contributed by atoms with Gasteiger partial charge in [0.1, 0.15) is 5.78 Å². The predicted octanol–water partition coefficient (Wildman–Crippen LogP) is 3.02. The Labute approximate surface area is 96.8 Å². The van der Waals surface area contributed by atoms with Crippen molar-refractivity contribution in [3.05, 3.63) is 29.3 Å². The van der Waals surface area contributed by atoms with Gasteiger partial charge in [0.25, 0.3) is 0 Å². The van der Waals surface area contributed by atoms with E-state index >= 15 is 0 Å². The second-order valence-electron chi connectivity index (χ2n) is 4.32. The lowest BCUT2D eigenvalue weighted by Crippen LogP contribution is -2.18. The molecule has 2 rings (SSSR count). The smallest absolute Gasteiger partial charge is 0.381 e. The van der Waals surface area contributed by atoms with Crippen molar-refractivity contribution in [1.29, 1.82) is 0 Å². The number of nitrogens with one attached hydrogen (secondary N) is 1. The molecule has 2 nitrogen and oxygen atoms in total. The van der Waals surface area contributed by atoms with Crippen molar-refractivity contribution in [1.82, 2.24) is 0 Å². The Morgan fingerprint density at radius 3 is 2.76 bits per heavy atom. The van der Waals surface area contributed by atoms with E-state index in [9.17, 15) is 18.0 Å². The van der Waals surface area contributed by atoms with Crippen LogP contribution in [0.3, 0.4) is 0 Å². The van der Waals surface area contributed by atoms with Gasteiger partial charge in [0.2, 0.25) is 0 Å². The zero-order chi connectivity index (χ0) is 12.6. The molecule has 0 bridgehead atoms. The van der Waals surface area contributed by atoms with E-state index < -0.39 is 11.7 Å². The van der Waals surface area contributed by atoms with Gasteiger partial charge in [-0.2, -0.15) is 13.2 Å². The van der Waals surface area contributed by atoms with Crippen LogP contribution in [0.25, 0.3) is 0 Å². The maximum atomic E-state index is 12.5. The van der Waals surface area contributed by atoms with Gasteiger partial charge in [-0.15, -0.1) is 0 Å². The highest BCUT2D eigenvalue weighted by molar-refractivity contribution is 5.77. The first-order valence-electron chi connectivity index (χ1n) is 5.32. The molecule has 1 heterocycles. The van der Waals surface area contributed by atoms with Crippen LogP contribution in [-0.4, -0.2) is 11.8 Å². The minimum Gasteiger partial charge on any atom is -0.381 e. The summed E-state index contributed by atoms with van der Waals surface area (Å²) in [4.78, 5) is 11.0. The number of halogens is 3. The normalized spacial score (nSPS) is 18.7. The standard InChI is InChI=1S/C12H12F3NO/c1-7(17)4-10-5-8-2-3-9(12(13,14)15)6-11(8)16-10/h2-3,6,10,16H,4-5H2,1H3. The Morgan fingerprint density at radius 2 is 2.18 bits per heavy atom. The molecule has 0 saturated carbocycles. The largest absolute Gasteiger partial charge is 0.416 e. The number of benzene rings is 1.